The Kier molecular flexibility index (Phi) is 5.46. The molecule has 1 heterocycles. The topological polar surface area (TPSA) is 107 Å². The number of nitro benzene ring substituents is 1. The van der Waals surface area contributed by atoms with Crippen molar-refractivity contribution in [3.05, 3.63) is 69.0 Å². The van der Waals surface area contributed by atoms with E-state index in [1.54, 1.807) is 18.2 Å². The minimum Gasteiger partial charge on any atom is -0.490 e. The molecule has 0 fully saturated rings. The van der Waals surface area contributed by atoms with Crippen molar-refractivity contribution < 1.29 is 19.2 Å². The van der Waals surface area contributed by atoms with Crippen LogP contribution in [0.2, 0.25) is 0 Å². The smallest absolute Gasteiger partial charge is 0.342 e. The molecule has 2 aromatic carbocycles. The van der Waals surface area contributed by atoms with Crippen molar-refractivity contribution in [2.75, 3.05) is 14.2 Å². The summed E-state index contributed by atoms with van der Waals surface area (Å²) in [4.78, 5) is 30.6. The number of hydrogen-bond acceptors (Lipinski definition) is 7. The predicted octanol–water partition coefficient (Wildman–Crippen LogP) is 4.18. The van der Waals surface area contributed by atoms with Crippen molar-refractivity contribution in [3.8, 4) is 28.3 Å². The maximum Gasteiger partial charge on any atom is 0.342 e. The SMILES string of the molecule is COC(=O)c1c(-c2ccc(OC)c([N+](=O)[O-])c2)nc(=S)[nH]c1-c1ccccc1. The summed E-state index contributed by atoms with van der Waals surface area (Å²) < 4.78 is 10.1. The first kappa shape index (κ1) is 19.2. The van der Waals surface area contributed by atoms with Gasteiger partial charge in [0, 0.05) is 11.6 Å². The Bertz CT molecular complexity index is 1110. The summed E-state index contributed by atoms with van der Waals surface area (Å²) in [5.41, 5.74) is 1.51. The minimum atomic E-state index is -0.647. The molecule has 8 nitrogen and oxygen atoms in total. The van der Waals surface area contributed by atoms with E-state index in [1.165, 1.54) is 26.4 Å². The molecular formula is C19H15N3O5S. The number of nitrogens with one attached hydrogen (secondary N) is 1. The fourth-order valence-corrected chi connectivity index (χ4v) is 2.98. The van der Waals surface area contributed by atoms with E-state index in [1.807, 2.05) is 18.2 Å². The summed E-state index contributed by atoms with van der Waals surface area (Å²) in [7, 11) is 2.59. The molecular weight excluding hydrogens is 382 g/mol. The highest BCUT2D eigenvalue weighted by Gasteiger charge is 2.24. The first-order chi connectivity index (χ1) is 13.5. The molecule has 3 aromatic rings. The molecule has 3 rings (SSSR count). The summed E-state index contributed by atoms with van der Waals surface area (Å²) in [6.07, 6.45) is 0. The van der Waals surface area contributed by atoms with Gasteiger partial charge in [0.05, 0.1) is 30.5 Å². The van der Waals surface area contributed by atoms with Crippen LogP contribution in [-0.2, 0) is 4.74 Å². The van der Waals surface area contributed by atoms with Crippen molar-refractivity contribution in [3.63, 3.8) is 0 Å². The molecule has 0 unspecified atom stereocenters. The zero-order chi connectivity index (χ0) is 20.3. The van der Waals surface area contributed by atoms with Crippen molar-refractivity contribution in [1.29, 1.82) is 0 Å². The predicted molar refractivity (Wildman–Crippen MR) is 105 cm³/mol. The van der Waals surface area contributed by atoms with E-state index in [-0.39, 0.29) is 27.5 Å². The number of benzene rings is 2. The summed E-state index contributed by atoms with van der Waals surface area (Å²) >= 11 is 5.23. The van der Waals surface area contributed by atoms with Crippen LogP contribution in [0.1, 0.15) is 10.4 Å². The van der Waals surface area contributed by atoms with Gasteiger partial charge >= 0.3 is 11.7 Å². The van der Waals surface area contributed by atoms with Gasteiger partial charge in [0.1, 0.15) is 5.56 Å². The molecule has 1 aromatic heterocycles. The normalized spacial score (nSPS) is 10.4. The number of aromatic nitrogens is 2. The minimum absolute atomic E-state index is 0.0951. The third kappa shape index (κ3) is 3.60. The molecule has 0 bridgehead atoms. The van der Waals surface area contributed by atoms with Crippen LogP contribution in [0.5, 0.6) is 5.75 Å². The van der Waals surface area contributed by atoms with Crippen LogP contribution in [0, 0.1) is 14.9 Å². The van der Waals surface area contributed by atoms with E-state index >= 15 is 0 Å². The number of ether oxygens (including phenoxy) is 2. The Morgan fingerprint density at radius 2 is 1.86 bits per heavy atom. The average molecular weight is 397 g/mol. The highest BCUT2D eigenvalue weighted by molar-refractivity contribution is 7.71. The molecule has 9 heteroatoms. The van der Waals surface area contributed by atoms with E-state index in [4.69, 9.17) is 21.7 Å². The highest BCUT2D eigenvalue weighted by Crippen LogP contribution is 2.35. The Hall–Kier alpha value is -3.59. The lowest BCUT2D eigenvalue weighted by atomic mass is 9.99. The number of rotatable bonds is 5. The quantitative estimate of drug-likeness (QED) is 0.298. The number of aromatic amines is 1. The fraction of sp³-hybridized carbons (Fsp3) is 0.105. The number of hydrogen-bond donors (Lipinski definition) is 1. The maximum absolute atomic E-state index is 12.6. The number of methoxy groups -OCH3 is 2. The number of nitro groups is 1. The second kappa shape index (κ2) is 7.97. The molecule has 28 heavy (non-hydrogen) atoms. The summed E-state index contributed by atoms with van der Waals surface area (Å²) in [6.45, 7) is 0. The zero-order valence-corrected chi connectivity index (χ0v) is 15.8. The van der Waals surface area contributed by atoms with Crippen LogP contribution in [0.15, 0.2) is 48.5 Å². The van der Waals surface area contributed by atoms with Gasteiger partial charge in [-0.25, -0.2) is 9.78 Å². The van der Waals surface area contributed by atoms with E-state index < -0.39 is 10.9 Å². The van der Waals surface area contributed by atoms with Gasteiger partial charge in [-0.1, -0.05) is 30.3 Å². The van der Waals surface area contributed by atoms with E-state index in [9.17, 15) is 14.9 Å². The maximum atomic E-state index is 12.6. The van der Waals surface area contributed by atoms with Gasteiger partial charge in [0.15, 0.2) is 10.5 Å². The molecule has 0 saturated heterocycles. The third-order valence-corrected chi connectivity index (χ3v) is 4.23. The number of H-pyrrole nitrogens is 1. The largest absolute Gasteiger partial charge is 0.490 e. The van der Waals surface area contributed by atoms with Crippen molar-refractivity contribution in [2.24, 2.45) is 0 Å². The van der Waals surface area contributed by atoms with Crippen LogP contribution in [0.25, 0.3) is 22.5 Å². The van der Waals surface area contributed by atoms with Crippen LogP contribution < -0.4 is 4.74 Å². The van der Waals surface area contributed by atoms with Crippen molar-refractivity contribution in [2.45, 2.75) is 0 Å². The molecule has 0 aliphatic heterocycles. The van der Waals surface area contributed by atoms with Crippen LogP contribution in [-0.4, -0.2) is 35.1 Å². The summed E-state index contributed by atoms with van der Waals surface area (Å²) in [5, 5.41) is 11.4. The van der Waals surface area contributed by atoms with Crippen LogP contribution in [0.3, 0.4) is 0 Å². The fourth-order valence-electron chi connectivity index (χ4n) is 2.78. The van der Waals surface area contributed by atoms with Gasteiger partial charge in [-0.3, -0.25) is 10.1 Å². The van der Waals surface area contributed by atoms with Crippen molar-refractivity contribution >= 4 is 23.9 Å². The first-order valence-corrected chi connectivity index (χ1v) is 8.48. The van der Waals surface area contributed by atoms with Gasteiger partial charge in [-0.05, 0) is 29.9 Å². The molecule has 0 spiro atoms. The van der Waals surface area contributed by atoms with E-state index in [0.717, 1.165) is 0 Å². The second-order valence-corrected chi connectivity index (χ2v) is 6.03. The average Bonchev–Trinajstić information content (AvgIpc) is 2.72. The molecule has 0 aliphatic rings. The van der Waals surface area contributed by atoms with Crippen LogP contribution >= 0.6 is 12.2 Å². The first-order valence-electron chi connectivity index (χ1n) is 8.07. The molecule has 0 saturated carbocycles. The lowest BCUT2D eigenvalue weighted by molar-refractivity contribution is -0.385. The van der Waals surface area contributed by atoms with Gasteiger partial charge in [-0.15, -0.1) is 0 Å². The molecule has 0 aliphatic carbocycles. The molecule has 1 N–H and O–H groups in total. The van der Waals surface area contributed by atoms with Gasteiger partial charge in [-0.2, -0.15) is 0 Å². The van der Waals surface area contributed by atoms with Gasteiger partial charge < -0.3 is 14.5 Å². The Balaban J connectivity index is 2.34. The number of carbonyl (C=O) groups is 1. The molecule has 0 amide bonds. The monoisotopic (exact) mass is 397 g/mol. The number of nitrogens with zero attached hydrogens (tertiary/aromatic N) is 2. The number of esters is 1. The molecule has 0 radical (unpaired) electrons. The lowest BCUT2D eigenvalue weighted by Gasteiger charge is -2.13. The van der Waals surface area contributed by atoms with E-state index in [0.29, 0.717) is 16.8 Å². The van der Waals surface area contributed by atoms with Crippen molar-refractivity contribution in [1.82, 2.24) is 9.97 Å². The lowest BCUT2D eigenvalue weighted by Crippen LogP contribution is -2.10. The summed E-state index contributed by atoms with van der Waals surface area (Å²) in [6, 6.07) is 13.4. The highest BCUT2D eigenvalue weighted by atomic mass is 32.1. The van der Waals surface area contributed by atoms with Crippen LogP contribution in [0.4, 0.5) is 5.69 Å². The second-order valence-electron chi connectivity index (χ2n) is 5.64. The standard InChI is InChI=1S/C19H15N3O5S/c1-26-14-9-8-12(10-13(14)22(24)25)17-15(18(23)27-2)16(20-19(28)21-17)11-6-4-3-5-7-11/h3-10H,1-2H3,(H,20,21,28). The van der Waals surface area contributed by atoms with Gasteiger partial charge in [0.2, 0.25) is 0 Å². The Morgan fingerprint density at radius 3 is 2.46 bits per heavy atom. The Labute approximate surface area is 164 Å². The van der Waals surface area contributed by atoms with Gasteiger partial charge in [0.25, 0.3) is 0 Å². The summed E-state index contributed by atoms with van der Waals surface area (Å²) in [5.74, 6) is -0.552. The zero-order valence-electron chi connectivity index (χ0n) is 15.0. The van der Waals surface area contributed by atoms with E-state index in [2.05, 4.69) is 9.97 Å². The number of carbonyl (C=O) groups excluding carboxylic acids is 1. The third-order valence-electron chi connectivity index (χ3n) is 4.03. The molecule has 142 valence electrons. The Morgan fingerprint density at radius 1 is 1.14 bits per heavy atom. The molecule has 0 atom stereocenters.